The molecule has 18 heavy (non-hydrogen) atoms. The van der Waals surface area contributed by atoms with Gasteiger partial charge in [-0.1, -0.05) is 0 Å². The average Bonchev–Trinajstić information content (AvgIpc) is 3.30. The Morgan fingerprint density at radius 2 is 1.17 bits per heavy atom. The molecule has 3 heteroatoms. The van der Waals surface area contributed by atoms with E-state index in [-0.39, 0.29) is 0 Å². The molecule has 4 aliphatic rings. The minimum absolute atomic E-state index is 0.795. The van der Waals surface area contributed by atoms with E-state index in [9.17, 15) is 0 Å². The largest absolute Gasteiger partial charge is 0.310 e. The molecular formula is C15H27N3. The average molecular weight is 249 g/mol. The molecule has 3 nitrogen and oxygen atoms in total. The molecule has 0 aromatic rings. The van der Waals surface area contributed by atoms with Gasteiger partial charge in [0.2, 0.25) is 0 Å². The third kappa shape index (κ3) is 2.59. The van der Waals surface area contributed by atoms with Crippen molar-refractivity contribution in [2.45, 2.75) is 69.1 Å². The number of rotatable bonds is 4. The smallest absolute Gasteiger partial charge is 0.0209 e. The van der Waals surface area contributed by atoms with Gasteiger partial charge in [0.25, 0.3) is 0 Å². The normalized spacial score (nSPS) is 36.3. The first-order valence-electron chi connectivity index (χ1n) is 8.12. The van der Waals surface area contributed by atoms with Gasteiger partial charge in [0.05, 0.1) is 0 Å². The first-order chi connectivity index (χ1) is 8.88. The van der Waals surface area contributed by atoms with Gasteiger partial charge >= 0.3 is 0 Å². The van der Waals surface area contributed by atoms with Crippen LogP contribution in [-0.2, 0) is 0 Å². The van der Waals surface area contributed by atoms with Crippen LogP contribution < -0.4 is 5.32 Å². The Kier molecular flexibility index (Phi) is 3.10. The van der Waals surface area contributed by atoms with E-state index in [1.807, 2.05) is 0 Å². The van der Waals surface area contributed by atoms with E-state index in [0.717, 1.165) is 24.2 Å². The SMILES string of the molecule is C1CN(C2CC2)CCC1NC1CCN(C2CC2)C1. The lowest BCUT2D eigenvalue weighted by atomic mass is 10.0. The van der Waals surface area contributed by atoms with Gasteiger partial charge in [0.15, 0.2) is 0 Å². The Morgan fingerprint density at radius 1 is 0.611 bits per heavy atom. The Morgan fingerprint density at radius 3 is 1.83 bits per heavy atom. The summed E-state index contributed by atoms with van der Waals surface area (Å²) < 4.78 is 0. The monoisotopic (exact) mass is 249 g/mol. The molecule has 2 saturated heterocycles. The fourth-order valence-corrected chi connectivity index (χ4v) is 3.90. The van der Waals surface area contributed by atoms with Crippen molar-refractivity contribution in [1.82, 2.24) is 15.1 Å². The molecule has 1 atom stereocenters. The van der Waals surface area contributed by atoms with E-state index in [1.165, 1.54) is 71.1 Å². The first kappa shape index (κ1) is 11.7. The van der Waals surface area contributed by atoms with E-state index in [1.54, 1.807) is 0 Å². The fraction of sp³-hybridized carbons (Fsp3) is 1.00. The molecular weight excluding hydrogens is 222 g/mol. The summed E-state index contributed by atoms with van der Waals surface area (Å²) in [7, 11) is 0. The Bertz CT molecular complexity index is 290. The second-order valence-electron chi connectivity index (χ2n) is 6.92. The summed E-state index contributed by atoms with van der Waals surface area (Å²) in [5.74, 6) is 0. The molecule has 102 valence electrons. The summed E-state index contributed by atoms with van der Waals surface area (Å²) in [5, 5.41) is 3.94. The lowest BCUT2D eigenvalue weighted by molar-refractivity contribution is 0.182. The third-order valence-electron chi connectivity index (χ3n) is 5.35. The number of likely N-dealkylation sites (tertiary alicyclic amines) is 2. The summed E-state index contributed by atoms with van der Waals surface area (Å²) in [5.41, 5.74) is 0. The van der Waals surface area contributed by atoms with Crippen molar-refractivity contribution in [3.05, 3.63) is 0 Å². The van der Waals surface area contributed by atoms with E-state index < -0.39 is 0 Å². The van der Waals surface area contributed by atoms with Crippen LogP contribution in [0.4, 0.5) is 0 Å². The van der Waals surface area contributed by atoms with E-state index in [0.29, 0.717) is 0 Å². The lowest BCUT2D eigenvalue weighted by Gasteiger charge is -2.34. The summed E-state index contributed by atoms with van der Waals surface area (Å²) in [4.78, 5) is 5.44. The topological polar surface area (TPSA) is 18.5 Å². The maximum atomic E-state index is 3.94. The molecule has 0 radical (unpaired) electrons. The van der Waals surface area contributed by atoms with Gasteiger partial charge < -0.3 is 10.2 Å². The van der Waals surface area contributed by atoms with Crippen LogP contribution in [0.3, 0.4) is 0 Å². The highest BCUT2D eigenvalue weighted by Gasteiger charge is 2.36. The molecule has 2 saturated carbocycles. The highest BCUT2D eigenvalue weighted by Crippen LogP contribution is 2.31. The Balaban J connectivity index is 1.21. The van der Waals surface area contributed by atoms with Gasteiger partial charge in [0.1, 0.15) is 0 Å². The van der Waals surface area contributed by atoms with Gasteiger partial charge in [-0.2, -0.15) is 0 Å². The van der Waals surface area contributed by atoms with Crippen LogP contribution in [-0.4, -0.2) is 60.1 Å². The van der Waals surface area contributed by atoms with Crippen LogP contribution in [0.5, 0.6) is 0 Å². The van der Waals surface area contributed by atoms with Crippen molar-refractivity contribution in [2.75, 3.05) is 26.2 Å². The van der Waals surface area contributed by atoms with E-state index in [2.05, 4.69) is 15.1 Å². The first-order valence-corrected chi connectivity index (χ1v) is 8.12. The predicted molar refractivity (Wildman–Crippen MR) is 73.8 cm³/mol. The maximum absolute atomic E-state index is 3.94. The fourth-order valence-electron chi connectivity index (χ4n) is 3.90. The molecule has 0 spiro atoms. The highest BCUT2D eigenvalue weighted by atomic mass is 15.2. The van der Waals surface area contributed by atoms with Crippen molar-refractivity contribution < 1.29 is 0 Å². The number of hydrogen-bond acceptors (Lipinski definition) is 3. The standard InChI is InChI=1S/C15H27N3/c1-2-14(1)17-8-5-12(6-9-17)16-13-7-10-18(11-13)15-3-4-15/h12-16H,1-11H2. The molecule has 1 N–H and O–H groups in total. The van der Waals surface area contributed by atoms with Gasteiger partial charge in [-0.05, 0) is 58.0 Å². The molecule has 0 amide bonds. The van der Waals surface area contributed by atoms with Crippen molar-refractivity contribution in [3.63, 3.8) is 0 Å². The molecule has 4 rings (SSSR count). The second kappa shape index (κ2) is 4.77. The second-order valence-corrected chi connectivity index (χ2v) is 6.92. The van der Waals surface area contributed by atoms with Crippen LogP contribution in [0.2, 0.25) is 0 Å². The lowest BCUT2D eigenvalue weighted by Crippen LogP contribution is -2.47. The Hall–Kier alpha value is -0.120. The summed E-state index contributed by atoms with van der Waals surface area (Å²) in [6.07, 6.45) is 10.0. The zero-order valence-electron chi connectivity index (χ0n) is 11.5. The number of nitrogens with zero attached hydrogens (tertiary/aromatic N) is 2. The van der Waals surface area contributed by atoms with Crippen molar-refractivity contribution >= 4 is 0 Å². The van der Waals surface area contributed by atoms with Crippen LogP contribution >= 0.6 is 0 Å². The van der Waals surface area contributed by atoms with Gasteiger partial charge in [-0.15, -0.1) is 0 Å². The minimum atomic E-state index is 0.795. The van der Waals surface area contributed by atoms with Gasteiger partial charge in [-0.3, -0.25) is 4.90 Å². The van der Waals surface area contributed by atoms with E-state index >= 15 is 0 Å². The van der Waals surface area contributed by atoms with E-state index in [4.69, 9.17) is 0 Å². The molecule has 0 aromatic carbocycles. The molecule has 1 unspecified atom stereocenters. The zero-order valence-corrected chi connectivity index (χ0v) is 11.5. The predicted octanol–water partition coefficient (Wildman–Crippen LogP) is 1.44. The van der Waals surface area contributed by atoms with Gasteiger partial charge in [-0.25, -0.2) is 0 Å². The minimum Gasteiger partial charge on any atom is -0.310 e. The molecule has 2 aliphatic heterocycles. The number of piperidine rings is 1. The third-order valence-corrected chi connectivity index (χ3v) is 5.35. The molecule has 2 heterocycles. The van der Waals surface area contributed by atoms with Gasteiger partial charge in [0, 0.05) is 37.3 Å². The maximum Gasteiger partial charge on any atom is 0.0209 e. The van der Waals surface area contributed by atoms with Crippen molar-refractivity contribution in [1.29, 1.82) is 0 Å². The summed E-state index contributed by atoms with van der Waals surface area (Å²) >= 11 is 0. The highest BCUT2D eigenvalue weighted by molar-refractivity contribution is 4.94. The summed E-state index contributed by atoms with van der Waals surface area (Å²) in [6.45, 7) is 5.37. The zero-order chi connectivity index (χ0) is 11.9. The van der Waals surface area contributed by atoms with Crippen molar-refractivity contribution in [2.24, 2.45) is 0 Å². The van der Waals surface area contributed by atoms with Crippen LogP contribution in [0.1, 0.15) is 44.9 Å². The molecule has 0 bridgehead atoms. The number of hydrogen-bond donors (Lipinski definition) is 1. The van der Waals surface area contributed by atoms with Crippen LogP contribution in [0, 0.1) is 0 Å². The van der Waals surface area contributed by atoms with Crippen LogP contribution in [0.25, 0.3) is 0 Å². The summed E-state index contributed by atoms with van der Waals surface area (Å²) in [6, 6.07) is 3.54. The quantitative estimate of drug-likeness (QED) is 0.813. The Labute approximate surface area is 111 Å². The molecule has 4 fully saturated rings. The molecule has 2 aliphatic carbocycles. The van der Waals surface area contributed by atoms with Crippen molar-refractivity contribution in [3.8, 4) is 0 Å². The van der Waals surface area contributed by atoms with Crippen LogP contribution in [0.15, 0.2) is 0 Å². The number of nitrogens with one attached hydrogen (secondary N) is 1. The molecule has 0 aromatic heterocycles.